The predicted molar refractivity (Wildman–Crippen MR) is 48.3 cm³/mol. The fraction of sp³-hybridized carbons (Fsp3) is 0.556. The van der Waals surface area contributed by atoms with Gasteiger partial charge in [0.15, 0.2) is 0 Å². The summed E-state index contributed by atoms with van der Waals surface area (Å²) in [7, 11) is 1.30. The maximum Gasteiger partial charge on any atom is 0.372 e. The molecule has 0 aliphatic carbocycles. The first-order valence-corrected chi connectivity index (χ1v) is 4.32. The van der Waals surface area contributed by atoms with E-state index in [0.717, 1.165) is 0 Å². The summed E-state index contributed by atoms with van der Waals surface area (Å²) in [5, 5.41) is 2.70. The number of hydrogen-bond donors (Lipinski definition) is 1. The van der Waals surface area contributed by atoms with E-state index < -0.39 is 5.97 Å². The molecule has 1 aliphatic rings. The van der Waals surface area contributed by atoms with Gasteiger partial charge in [0, 0.05) is 6.92 Å². The van der Waals surface area contributed by atoms with Crippen LogP contribution in [0.5, 0.6) is 0 Å². The van der Waals surface area contributed by atoms with Gasteiger partial charge in [-0.05, 0) is 12.5 Å². The van der Waals surface area contributed by atoms with Crippen molar-refractivity contribution >= 4 is 11.9 Å². The molecule has 5 nitrogen and oxygen atoms in total. The number of carbonyl (C=O) groups excluding carboxylic acids is 2. The normalized spacial score (nSPS) is 20.4. The Kier molecular flexibility index (Phi) is 3.50. The Morgan fingerprint density at radius 2 is 2.36 bits per heavy atom. The summed E-state index contributed by atoms with van der Waals surface area (Å²) in [6, 6.07) is -0.0547. The van der Waals surface area contributed by atoms with E-state index in [2.05, 4.69) is 10.1 Å². The second-order valence-corrected chi connectivity index (χ2v) is 3.00. The maximum atomic E-state index is 11.0. The first-order valence-electron chi connectivity index (χ1n) is 4.32. The molecule has 0 radical (unpaired) electrons. The zero-order valence-electron chi connectivity index (χ0n) is 8.20. The number of hydrogen-bond acceptors (Lipinski definition) is 4. The Morgan fingerprint density at radius 3 is 2.79 bits per heavy atom. The molecule has 1 amide bonds. The summed E-state index contributed by atoms with van der Waals surface area (Å²) in [5.74, 6) is -0.367. The third kappa shape index (κ3) is 2.76. The molecule has 0 bridgehead atoms. The average Bonchev–Trinajstić information content (AvgIpc) is 2.17. The van der Waals surface area contributed by atoms with Crippen LogP contribution >= 0.6 is 0 Å². The minimum atomic E-state index is -0.480. The van der Waals surface area contributed by atoms with E-state index in [0.29, 0.717) is 13.0 Å². The van der Waals surface area contributed by atoms with Crippen molar-refractivity contribution in [2.24, 2.45) is 0 Å². The van der Waals surface area contributed by atoms with Crippen molar-refractivity contribution < 1.29 is 19.1 Å². The predicted octanol–water partition coefficient (Wildman–Crippen LogP) is -0.0317. The Bertz CT molecular complexity index is 272. The third-order valence-electron chi connectivity index (χ3n) is 1.82. The highest BCUT2D eigenvalue weighted by Crippen LogP contribution is 2.11. The zero-order valence-corrected chi connectivity index (χ0v) is 8.20. The van der Waals surface area contributed by atoms with Gasteiger partial charge in [-0.25, -0.2) is 4.79 Å². The van der Waals surface area contributed by atoms with Crippen molar-refractivity contribution in [1.29, 1.82) is 0 Å². The number of rotatable bonds is 2. The molecule has 0 saturated heterocycles. The number of carbonyl (C=O) groups is 2. The average molecular weight is 199 g/mol. The fourth-order valence-electron chi connectivity index (χ4n) is 1.20. The summed E-state index contributed by atoms with van der Waals surface area (Å²) in [6.07, 6.45) is 2.21. The Hall–Kier alpha value is -1.52. The molecule has 0 spiro atoms. The molecule has 1 N–H and O–H groups in total. The smallest absolute Gasteiger partial charge is 0.372 e. The second-order valence-electron chi connectivity index (χ2n) is 3.00. The molecular formula is C9H13NO4. The van der Waals surface area contributed by atoms with Crippen molar-refractivity contribution in [1.82, 2.24) is 5.32 Å². The van der Waals surface area contributed by atoms with Crippen LogP contribution in [-0.4, -0.2) is 31.6 Å². The van der Waals surface area contributed by atoms with Crippen LogP contribution < -0.4 is 5.32 Å². The van der Waals surface area contributed by atoms with E-state index in [-0.39, 0.29) is 17.7 Å². The zero-order chi connectivity index (χ0) is 10.6. The van der Waals surface area contributed by atoms with Gasteiger partial charge in [0.25, 0.3) is 0 Å². The molecule has 0 saturated carbocycles. The largest absolute Gasteiger partial charge is 0.485 e. The van der Waals surface area contributed by atoms with Gasteiger partial charge in [0.2, 0.25) is 11.7 Å². The monoisotopic (exact) mass is 199 g/mol. The summed E-state index contributed by atoms with van der Waals surface area (Å²) in [6.45, 7) is 1.75. The van der Waals surface area contributed by atoms with Crippen LogP contribution in [0.4, 0.5) is 0 Å². The molecule has 78 valence electrons. The summed E-state index contributed by atoms with van der Waals surface area (Å²) >= 11 is 0. The number of esters is 1. The standard InChI is InChI=1S/C9H13NO4/c1-6(11)10-7-3-4-8(14-5-7)9(12)13-2/h4,7H,3,5H2,1-2H3,(H,10,11). The van der Waals surface area contributed by atoms with Crippen molar-refractivity contribution in [2.45, 2.75) is 19.4 Å². The first-order chi connectivity index (χ1) is 6.63. The molecule has 1 unspecified atom stereocenters. The third-order valence-corrected chi connectivity index (χ3v) is 1.82. The van der Waals surface area contributed by atoms with Crippen LogP contribution in [0, 0.1) is 0 Å². The van der Waals surface area contributed by atoms with E-state index in [1.165, 1.54) is 14.0 Å². The first kappa shape index (κ1) is 10.6. The lowest BCUT2D eigenvalue weighted by Crippen LogP contribution is -2.38. The molecule has 1 aliphatic heterocycles. The quantitative estimate of drug-likeness (QED) is 0.634. The van der Waals surface area contributed by atoms with Crippen LogP contribution in [0.2, 0.25) is 0 Å². The van der Waals surface area contributed by atoms with Crippen molar-refractivity contribution in [3.8, 4) is 0 Å². The number of amides is 1. The van der Waals surface area contributed by atoms with Gasteiger partial charge in [-0.2, -0.15) is 0 Å². The molecule has 5 heteroatoms. The summed E-state index contributed by atoms with van der Waals surface area (Å²) in [5.41, 5.74) is 0. The van der Waals surface area contributed by atoms with E-state index in [9.17, 15) is 9.59 Å². The molecular weight excluding hydrogens is 186 g/mol. The van der Waals surface area contributed by atoms with Gasteiger partial charge in [0.05, 0.1) is 13.2 Å². The SMILES string of the molecule is COC(=O)C1=CCC(NC(C)=O)CO1. The number of ether oxygens (including phenoxy) is 2. The molecule has 1 rings (SSSR count). The van der Waals surface area contributed by atoms with Crippen LogP contribution in [0.1, 0.15) is 13.3 Å². The Morgan fingerprint density at radius 1 is 1.64 bits per heavy atom. The fourth-order valence-corrected chi connectivity index (χ4v) is 1.20. The maximum absolute atomic E-state index is 11.0. The van der Waals surface area contributed by atoms with Gasteiger partial charge in [-0.1, -0.05) is 0 Å². The number of methoxy groups -OCH3 is 1. The van der Waals surface area contributed by atoms with Crippen molar-refractivity contribution in [3.05, 3.63) is 11.8 Å². The highest BCUT2D eigenvalue weighted by atomic mass is 16.6. The van der Waals surface area contributed by atoms with E-state index in [1.807, 2.05) is 0 Å². The Balaban J connectivity index is 2.47. The Labute approximate surface area is 82.1 Å². The lowest BCUT2D eigenvalue weighted by molar-refractivity contribution is -0.140. The lowest BCUT2D eigenvalue weighted by atomic mass is 10.1. The topological polar surface area (TPSA) is 64.6 Å². The minimum absolute atomic E-state index is 0.0547. The summed E-state index contributed by atoms with van der Waals surface area (Å²) < 4.78 is 9.60. The highest BCUT2D eigenvalue weighted by Gasteiger charge is 2.20. The van der Waals surface area contributed by atoms with Gasteiger partial charge in [-0.15, -0.1) is 0 Å². The van der Waals surface area contributed by atoms with Gasteiger partial charge in [0.1, 0.15) is 6.61 Å². The van der Waals surface area contributed by atoms with Crippen LogP contribution in [0.15, 0.2) is 11.8 Å². The van der Waals surface area contributed by atoms with Crippen LogP contribution in [0.3, 0.4) is 0 Å². The second kappa shape index (κ2) is 4.64. The molecule has 0 fully saturated rings. The van der Waals surface area contributed by atoms with E-state index in [4.69, 9.17) is 4.74 Å². The van der Waals surface area contributed by atoms with Gasteiger partial charge >= 0.3 is 5.97 Å². The van der Waals surface area contributed by atoms with E-state index in [1.54, 1.807) is 6.08 Å². The van der Waals surface area contributed by atoms with Crippen molar-refractivity contribution in [2.75, 3.05) is 13.7 Å². The molecule has 1 atom stereocenters. The lowest BCUT2D eigenvalue weighted by Gasteiger charge is -2.22. The van der Waals surface area contributed by atoms with Gasteiger partial charge < -0.3 is 14.8 Å². The highest BCUT2D eigenvalue weighted by molar-refractivity contribution is 5.86. The molecule has 0 aromatic rings. The molecule has 0 aromatic carbocycles. The molecule has 1 heterocycles. The minimum Gasteiger partial charge on any atom is -0.485 e. The summed E-state index contributed by atoms with van der Waals surface area (Å²) in [4.78, 5) is 21.7. The van der Waals surface area contributed by atoms with Crippen LogP contribution in [-0.2, 0) is 19.1 Å². The van der Waals surface area contributed by atoms with E-state index >= 15 is 0 Å². The van der Waals surface area contributed by atoms with Crippen molar-refractivity contribution in [3.63, 3.8) is 0 Å². The molecule has 0 aromatic heterocycles. The van der Waals surface area contributed by atoms with Crippen LogP contribution in [0.25, 0.3) is 0 Å². The molecule has 14 heavy (non-hydrogen) atoms. The van der Waals surface area contributed by atoms with Gasteiger partial charge in [-0.3, -0.25) is 4.79 Å². The number of nitrogens with one attached hydrogen (secondary N) is 1.